The second-order valence-corrected chi connectivity index (χ2v) is 7.70. The molecule has 4 rings (SSSR count). The highest BCUT2D eigenvalue weighted by molar-refractivity contribution is 5.79. The molecule has 6 nitrogen and oxygen atoms in total. The van der Waals surface area contributed by atoms with Crippen molar-refractivity contribution in [1.82, 2.24) is 15.5 Å². The van der Waals surface area contributed by atoms with Gasteiger partial charge < -0.3 is 14.6 Å². The Morgan fingerprint density at radius 2 is 1.81 bits per heavy atom. The highest BCUT2D eigenvalue weighted by Gasteiger charge is 2.28. The average molecular weight is 368 g/mol. The summed E-state index contributed by atoms with van der Waals surface area (Å²) in [7, 11) is 0. The van der Waals surface area contributed by atoms with Crippen molar-refractivity contribution in [1.29, 1.82) is 0 Å². The lowest BCUT2D eigenvalue weighted by atomic mass is 10.0. The Morgan fingerprint density at radius 3 is 2.56 bits per heavy atom. The van der Waals surface area contributed by atoms with E-state index in [9.17, 15) is 4.79 Å². The van der Waals surface area contributed by atoms with Crippen LogP contribution >= 0.6 is 0 Å². The highest BCUT2D eigenvalue weighted by atomic mass is 16.4. The Balaban J connectivity index is 1.51. The van der Waals surface area contributed by atoms with E-state index in [4.69, 9.17) is 4.42 Å². The SMILES string of the molecule is O=C(N[C@@H](Cc1ccccc1)c1nnc(N2CCCCC2)o1)C1CCCC1. The van der Waals surface area contributed by atoms with Crippen LogP contribution < -0.4 is 10.2 Å². The van der Waals surface area contributed by atoms with Crippen molar-refractivity contribution in [3.63, 3.8) is 0 Å². The first kappa shape index (κ1) is 18.0. The number of amides is 1. The summed E-state index contributed by atoms with van der Waals surface area (Å²) in [6.07, 6.45) is 8.46. The summed E-state index contributed by atoms with van der Waals surface area (Å²) in [6, 6.07) is 10.4. The van der Waals surface area contributed by atoms with Gasteiger partial charge in [-0.05, 0) is 37.7 Å². The molecule has 1 aliphatic heterocycles. The van der Waals surface area contributed by atoms with Gasteiger partial charge in [-0.1, -0.05) is 48.3 Å². The predicted molar refractivity (Wildman–Crippen MR) is 103 cm³/mol. The van der Waals surface area contributed by atoms with Gasteiger partial charge in [0.15, 0.2) is 0 Å². The third kappa shape index (κ3) is 4.49. The molecular formula is C21H28N4O2. The maximum Gasteiger partial charge on any atom is 0.318 e. The second kappa shape index (κ2) is 8.55. The number of carbonyl (C=O) groups excluding carboxylic acids is 1. The van der Waals surface area contributed by atoms with E-state index in [0.717, 1.165) is 57.2 Å². The van der Waals surface area contributed by atoms with Crippen molar-refractivity contribution < 1.29 is 9.21 Å². The minimum absolute atomic E-state index is 0.117. The van der Waals surface area contributed by atoms with Crippen molar-refractivity contribution in [2.45, 2.75) is 57.4 Å². The zero-order valence-corrected chi connectivity index (χ0v) is 15.8. The van der Waals surface area contributed by atoms with Gasteiger partial charge in [-0.25, -0.2) is 0 Å². The van der Waals surface area contributed by atoms with Gasteiger partial charge in [-0.15, -0.1) is 5.10 Å². The van der Waals surface area contributed by atoms with Gasteiger partial charge in [0.2, 0.25) is 11.8 Å². The van der Waals surface area contributed by atoms with Crippen LogP contribution in [0, 0.1) is 5.92 Å². The summed E-state index contributed by atoms with van der Waals surface area (Å²) in [5.41, 5.74) is 1.15. The number of hydrogen-bond donors (Lipinski definition) is 1. The molecule has 2 heterocycles. The van der Waals surface area contributed by atoms with Crippen LogP contribution in [0.4, 0.5) is 6.01 Å². The fourth-order valence-corrected chi connectivity index (χ4v) is 4.11. The van der Waals surface area contributed by atoms with Crippen LogP contribution in [0.1, 0.15) is 62.4 Å². The minimum atomic E-state index is -0.286. The van der Waals surface area contributed by atoms with Gasteiger partial charge in [0.1, 0.15) is 6.04 Å². The van der Waals surface area contributed by atoms with E-state index >= 15 is 0 Å². The predicted octanol–water partition coefficient (Wildman–Crippen LogP) is 3.65. The normalized spacial score (nSPS) is 19.2. The number of carbonyl (C=O) groups is 1. The van der Waals surface area contributed by atoms with Gasteiger partial charge in [0.25, 0.3) is 0 Å². The number of anilines is 1. The van der Waals surface area contributed by atoms with Gasteiger partial charge in [0, 0.05) is 25.4 Å². The third-order valence-electron chi connectivity index (χ3n) is 5.68. The first-order chi connectivity index (χ1) is 13.3. The summed E-state index contributed by atoms with van der Waals surface area (Å²) in [5.74, 6) is 0.740. The number of hydrogen-bond acceptors (Lipinski definition) is 5. The van der Waals surface area contributed by atoms with E-state index in [2.05, 4.69) is 32.5 Å². The fraction of sp³-hybridized carbons (Fsp3) is 0.571. The van der Waals surface area contributed by atoms with Crippen molar-refractivity contribution >= 4 is 11.9 Å². The number of aromatic nitrogens is 2. The fourth-order valence-electron chi connectivity index (χ4n) is 4.11. The first-order valence-corrected chi connectivity index (χ1v) is 10.2. The van der Waals surface area contributed by atoms with Crippen molar-refractivity contribution in [3.8, 4) is 0 Å². The van der Waals surface area contributed by atoms with Gasteiger partial charge >= 0.3 is 6.01 Å². The monoisotopic (exact) mass is 368 g/mol. The number of nitrogens with one attached hydrogen (secondary N) is 1. The molecule has 1 saturated heterocycles. The summed E-state index contributed by atoms with van der Waals surface area (Å²) in [4.78, 5) is 14.9. The molecule has 1 N–H and O–H groups in total. The molecule has 0 radical (unpaired) electrons. The molecule has 1 aromatic carbocycles. The molecule has 1 aromatic heterocycles. The third-order valence-corrected chi connectivity index (χ3v) is 5.68. The molecule has 0 spiro atoms. The van der Waals surface area contributed by atoms with Crippen LogP contribution in [0.15, 0.2) is 34.7 Å². The minimum Gasteiger partial charge on any atom is -0.406 e. The summed E-state index contributed by atoms with van der Waals surface area (Å²) >= 11 is 0. The van der Waals surface area contributed by atoms with E-state index in [1.807, 2.05) is 18.2 Å². The number of piperidine rings is 1. The quantitative estimate of drug-likeness (QED) is 0.843. The van der Waals surface area contributed by atoms with Gasteiger partial charge in [0.05, 0.1) is 0 Å². The van der Waals surface area contributed by atoms with E-state index in [0.29, 0.717) is 18.3 Å². The van der Waals surface area contributed by atoms with E-state index in [-0.39, 0.29) is 17.9 Å². The molecule has 1 atom stereocenters. The Morgan fingerprint density at radius 1 is 1.07 bits per heavy atom. The van der Waals surface area contributed by atoms with E-state index < -0.39 is 0 Å². The van der Waals surface area contributed by atoms with Crippen LogP contribution in [0.3, 0.4) is 0 Å². The lowest BCUT2D eigenvalue weighted by molar-refractivity contribution is -0.125. The number of benzene rings is 1. The van der Waals surface area contributed by atoms with Crippen molar-refractivity contribution in [2.75, 3.05) is 18.0 Å². The van der Waals surface area contributed by atoms with Crippen molar-refractivity contribution in [2.24, 2.45) is 5.92 Å². The van der Waals surface area contributed by atoms with E-state index in [1.54, 1.807) is 0 Å². The molecule has 6 heteroatoms. The van der Waals surface area contributed by atoms with Crippen LogP contribution in [-0.2, 0) is 11.2 Å². The van der Waals surface area contributed by atoms with Crippen LogP contribution in [0.5, 0.6) is 0 Å². The van der Waals surface area contributed by atoms with E-state index in [1.165, 1.54) is 6.42 Å². The summed E-state index contributed by atoms with van der Waals surface area (Å²) in [5, 5.41) is 11.7. The molecule has 0 bridgehead atoms. The van der Waals surface area contributed by atoms with Crippen LogP contribution in [0.25, 0.3) is 0 Å². The Bertz CT molecular complexity index is 734. The lowest BCUT2D eigenvalue weighted by Gasteiger charge is -2.24. The maximum absolute atomic E-state index is 12.7. The van der Waals surface area contributed by atoms with Gasteiger partial charge in [-0.3, -0.25) is 4.79 Å². The molecule has 2 fully saturated rings. The second-order valence-electron chi connectivity index (χ2n) is 7.70. The summed E-state index contributed by atoms with van der Waals surface area (Å²) in [6.45, 7) is 1.92. The Hall–Kier alpha value is -2.37. The zero-order valence-electron chi connectivity index (χ0n) is 15.8. The van der Waals surface area contributed by atoms with Crippen LogP contribution in [0.2, 0.25) is 0 Å². The molecule has 0 unspecified atom stereocenters. The molecule has 1 aliphatic carbocycles. The van der Waals surface area contributed by atoms with Gasteiger partial charge in [-0.2, -0.15) is 0 Å². The standard InChI is InChI=1S/C21H28N4O2/c26-19(17-11-5-6-12-17)22-18(15-16-9-3-1-4-10-16)20-23-24-21(27-20)25-13-7-2-8-14-25/h1,3-4,9-10,17-18H,2,5-8,11-15H2,(H,22,26)/t18-/m0/s1. The highest BCUT2D eigenvalue weighted by Crippen LogP contribution is 2.27. The topological polar surface area (TPSA) is 71.3 Å². The molecule has 1 saturated carbocycles. The van der Waals surface area contributed by atoms with Crippen LogP contribution in [-0.4, -0.2) is 29.2 Å². The molecule has 144 valence electrons. The Labute approximate surface area is 160 Å². The molecular weight excluding hydrogens is 340 g/mol. The number of nitrogens with zero attached hydrogens (tertiary/aromatic N) is 3. The molecule has 2 aromatic rings. The molecule has 1 amide bonds. The lowest BCUT2D eigenvalue weighted by Crippen LogP contribution is -2.34. The molecule has 2 aliphatic rings. The zero-order chi connectivity index (χ0) is 18.5. The number of rotatable bonds is 6. The van der Waals surface area contributed by atoms with Crippen molar-refractivity contribution in [3.05, 3.63) is 41.8 Å². The summed E-state index contributed by atoms with van der Waals surface area (Å²) < 4.78 is 6.01. The molecule has 27 heavy (non-hydrogen) atoms. The first-order valence-electron chi connectivity index (χ1n) is 10.2. The average Bonchev–Trinajstić information content (AvgIpc) is 3.41. The smallest absolute Gasteiger partial charge is 0.318 e. The largest absolute Gasteiger partial charge is 0.406 e. The maximum atomic E-state index is 12.7. The Kier molecular flexibility index (Phi) is 5.70.